The van der Waals surface area contributed by atoms with Gasteiger partial charge in [-0.05, 0) is 0 Å². The molecular formula is C6HClF10. The second-order valence-electron chi connectivity index (χ2n) is 2.67. The van der Waals surface area contributed by atoms with Crippen molar-refractivity contribution < 1.29 is 43.9 Å². The molecule has 0 aromatic rings. The van der Waals surface area contributed by atoms with Crippen LogP contribution in [0.5, 0.6) is 0 Å². The Balaban J connectivity index is 5.51. The zero-order valence-corrected chi connectivity index (χ0v) is 7.99. The van der Waals surface area contributed by atoms with Gasteiger partial charge in [0, 0.05) is 0 Å². The number of rotatable bonds is 3. The molecule has 102 valence electrons. The van der Waals surface area contributed by atoms with E-state index in [2.05, 4.69) is 11.6 Å². The average molecular weight is 299 g/mol. The second kappa shape index (κ2) is 4.54. The highest BCUT2D eigenvalue weighted by atomic mass is 35.5. The Morgan fingerprint density at radius 2 is 1.24 bits per heavy atom. The molecule has 0 radical (unpaired) electrons. The SMILES string of the molecule is FC(F)=C(Cl)C(F)C(F)(F)C(F)(F)C(F)(F)F. The van der Waals surface area contributed by atoms with E-state index in [1.54, 1.807) is 0 Å². The Hall–Kier alpha value is -0.670. The minimum absolute atomic E-state index is 2.71. The van der Waals surface area contributed by atoms with Gasteiger partial charge in [-0.1, -0.05) is 11.6 Å². The van der Waals surface area contributed by atoms with Gasteiger partial charge in [-0.25, -0.2) is 4.39 Å². The van der Waals surface area contributed by atoms with Crippen molar-refractivity contribution in [3.63, 3.8) is 0 Å². The van der Waals surface area contributed by atoms with Crippen LogP contribution in [-0.2, 0) is 0 Å². The fourth-order valence-corrected chi connectivity index (χ4v) is 0.740. The van der Waals surface area contributed by atoms with E-state index in [0.717, 1.165) is 0 Å². The largest absolute Gasteiger partial charge is 0.460 e. The van der Waals surface area contributed by atoms with Crippen LogP contribution in [0.4, 0.5) is 43.9 Å². The van der Waals surface area contributed by atoms with Crippen LogP contribution in [0.25, 0.3) is 0 Å². The highest BCUT2D eigenvalue weighted by Gasteiger charge is 2.76. The van der Waals surface area contributed by atoms with Gasteiger partial charge in [-0.3, -0.25) is 0 Å². The van der Waals surface area contributed by atoms with E-state index in [1.807, 2.05) is 0 Å². The third-order valence-corrected chi connectivity index (χ3v) is 1.83. The predicted octanol–water partition coefficient (Wildman–Crippen LogP) is 4.50. The summed E-state index contributed by atoms with van der Waals surface area (Å²) in [7, 11) is 0. The Bertz CT molecular complexity index is 311. The van der Waals surface area contributed by atoms with Crippen LogP contribution in [0.1, 0.15) is 0 Å². The zero-order valence-electron chi connectivity index (χ0n) is 7.23. The van der Waals surface area contributed by atoms with Crippen LogP contribution < -0.4 is 0 Å². The lowest BCUT2D eigenvalue weighted by Crippen LogP contribution is -2.56. The molecule has 0 fully saturated rings. The topological polar surface area (TPSA) is 0 Å². The Labute approximate surface area is 91.8 Å². The first kappa shape index (κ1) is 16.3. The summed E-state index contributed by atoms with van der Waals surface area (Å²) in [5.41, 5.74) is 0. The van der Waals surface area contributed by atoms with Crippen molar-refractivity contribution in [1.29, 1.82) is 0 Å². The molecule has 1 atom stereocenters. The summed E-state index contributed by atoms with van der Waals surface area (Å²) in [6.45, 7) is 0. The molecule has 17 heavy (non-hydrogen) atoms. The third kappa shape index (κ3) is 2.78. The number of alkyl halides is 8. The molecule has 0 saturated heterocycles. The molecule has 0 aromatic carbocycles. The predicted molar refractivity (Wildman–Crippen MR) is 35.9 cm³/mol. The molecule has 11 heteroatoms. The van der Waals surface area contributed by atoms with E-state index in [1.165, 1.54) is 0 Å². The summed E-state index contributed by atoms with van der Waals surface area (Å²) >= 11 is 4.18. The van der Waals surface area contributed by atoms with E-state index in [4.69, 9.17) is 0 Å². The summed E-state index contributed by atoms with van der Waals surface area (Å²) in [5, 5.41) is -2.71. The molecule has 0 aromatic heterocycles. The number of hydrogen-bond acceptors (Lipinski definition) is 0. The van der Waals surface area contributed by atoms with Gasteiger partial charge in [0.15, 0.2) is 0 Å². The van der Waals surface area contributed by atoms with E-state index < -0.39 is 35.3 Å². The summed E-state index contributed by atoms with van der Waals surface area (Å²) in [6, 6.07) is 0. The van der Waals surface area contributed by atoms with Gasteiger partial charge in [-0.15, -0.1) is 0 Å². The van der Waals surface area contributed by atoms with Gasteiger partial charge in [0.2, 0.25) is 6.17 Å². The van der Waals surface area contributed by atoms with Gasteiger partial charge >= 0.3 is 18.0 Å². The Morgan fingerprint density at radius 1 is 0.882 bits per heavy atom. The van der Waals surface area contributed by atoms with Gasteiger partial charge in [0.1, 0.15) is 5.03 Å². The lowest BCUT2D eigenvalue weighted by atomic mass is 10.1. The standard InChI is InChI=1S/C6HClF10/c7-1(3(9)10)2(8)4(11,12)5(13,14)6(15,16)17/h2H. The summed E-state index contributed by atoms with van der Waals surface area (Å²) < 4.78 is 119. The first-order valence-corrected chi connectivity index (χ1v) is 3.81. The molecule has 0 heterocycles. The molecule has 0 aliphatic carbocycles. The van der Waals surface area contributed by atoms with Crippen molar-refractivity contribution in [3.8, 4) is 0 Å². The highest BCUT2D eigenvalue weighted by Crippen LogP contribution is 2.50. The van der Waals surface area contributed by atoms with Crippen LogP contribution in [-0.4, -0.2) is 24.2 Å². The van der Waals surface area contributed by atoms with Crippen LogP contribution in [0.3, 0.4) is 0 Å². The van der Waals surface area contributed by atoms with E-state index in [0.29, 0.717) is 0 Å². The smallest absolute Gasteiger partial charge is 0.234 e. The molecule has 0 aliphatic heterocycles. The molecular weight excluding hydrogens is 297 g/mol. The van der Waals surface area contributed by atoms with Crippen LogP contribution in [0.2, 0.25) is 0 Å². The quantitative estimate of drug-likeness (QED) is 0.673. The van der Waals surface area contributed by atoms with Crippen molar-refractivity contribution in [2.45, 2.75) is 24.2 Å². The summed E-state index contributed by atoms with van der Waals surface area (Å²) in [4.78, 5) is 0. The minimum Gasteiger partial charge on any atom is -0.234 e. The van der Waals surface area contributed by atoms with Crippen LogP contribution in [0, 0.1) is 0 Å². The van der Waals surface area contributed by atoms with Crippen LogP contribution >= 0.6 is 11.6 Å². The maximum Gasteiger partial charge on any atom is 0.460 e. The number of hydrogen-bond donors (Lipinski definition) is 0. The second-order valence-corrected chi connectivity index (χ2v) is 3.07. The maximum absolute atomic E-state index is 12.5. The van der Waals surface area contributed by atoms with Crippen LogP contribution in [0.15, 0.2) is 11.1 Å². The molecule has 0 spiro atoms. The number of allylic oxidation sites excluding steroid dienone is 1. The molecule has 0 aliphatic rings. The van der Waals surface area contributed by atoms with E-state index >= 15 is 0 Å². The van der Waals surface area contributed by atoms with Crippen molar-refractivity contribution in [3.05, 3.63) is 11.1 Å². The van der Waals surface area contributed by atoms with Crippen molar-refractivity contribution in [1.82, 2.24) is 0 Å². The first-order valence-electron chi connectivity index (χ1n) is 3.44. The summed E-state index contributed by atoms with van der Waals surface area (Å²) in [6.07, 6.45) is -14.8. The molecule has 0 nitrogen and oxygen atoms in total. The van der Waals surface area contributed by atoms with E-state index in [-0.39, 0.29) is 0 Å². The fraction of sp³-hybridized carbons (Fsp3) is 0.667. The molecule has 0 N–H and O–H groups in total. The Morgan fingerprint density at radius 3 is 1.47 bits per heavy atom. The highest BCUT2D eigenvalue weighted by molar-refractivity contribution is 6.30. The lowest BCUT2D eigenvalue weighted by molar-refractivity contribution is -0.362. The van der Waals surface area contributed by atoms with Gasteiger partial charge in [0.05, 0.1) is 0 Å². The zero-order chi connectivity index (χ0) is 14.2. The first-order chi connectivity index (χ1) is 7.26. The summed E-state index contributed by atoms with van der Waals surface area (Å²) in [5.74, 6) is -13.3. The molecule has 1 unspecified atom stereocenters. The molecule has 0 rings (SSSR count). The third-order valence-electron chi connectivity index (χ3n) is 1.50. The average Bonchev–Trinajstić information content (AvgIpc) is 2.13. The van der Waals surface area contributed by atoms with Crippen molar-refractivity contribution in [2.75, 3.05) is 0 Å². The Kier molecular flexibility index (Phi) is 4.36. The monoisotopic (exact) mass is 298 g/mol. The lowest BCUT2D eigenvalue weighted by Gasteiger charge is -2.29. The van der Waals surface area contributed by atoms with Gasteiger partial charge in [-0.2, -0.15) is 39.5 Å². The molecule has 0 saturated carbocycles. The molecule has 0 bridgehead atoms. The van der Waals surface area contributed by atoms with Gasteiger partial charge < -0.3 is 0 Å². The normalized spacial score (nSPS) is 15.7. The van der Waals surface area contributed by atoms with Crippen molar-refractivity contribution in [2.24, 2.45) is 0 Å². The maximum atomic E-state index is 12.5. The van der Waals surface area contributed by atoms with E-state index in [9.17, 15) is 43.9 Å². The number of halogens is 11. The van der Waals surface area contributed by atoms with Crippen molar-refractivity contribution >= 4 is 11.6 Å². The van der Waals surface area contributed by atoms with Gasteiger partial charge in [0.25, 0.3) is 6.08 Å². The minimum atomic E-state index is -6.84. The molecule has 0 amide bonds. The fourth-order valence-electron chi connectivity index (χ4n) is 0.603.